The summed E-state index contributed by atoms with van der Waals surface area (Å²) in [7, 11) is 2.09. The average molecular weight is 478 g/mol. The molecule has 1 aromatic heterocycles. The van der Waals surface area contributed by atoms with Crippen molar-refractivity contribution >= 4 is 17.5 Å². The molecule has 0 radical (unpaired) electrons. The van der Waals surface area contributed by atoms with Gasteiger partial charge in [0.1, 0.15) is 0 Å². The molecule has 7 heteroatoms. The third-order valence-corrected chi connectivity index (χ3v) is 7.17. The van der Waals surface area contributed by atoms with Gasteiger partial charge in [-0.3, -0.25) is 19.5 Å². The quantitative estimate of drug-likeness (QED) is 0.673. The van der Waals surface area contributed by atoms with Crippen LogP contribution in [0.15, 0.2) is 42.7 Å². The van der Waals surface area contributed by atoms with Crippen LogP contribution in [0.2, 0.25) is 0 Å². The van der Waals surface area contributed by atoms with Crippen LogP contribution in [0.25, 0.3) is 0 Å². The molecule has 0 saturated carbocycles. The van der Waals surface area contributed by atoms with Crippen molar-refractivity contribution in [2.75, 3.05) is 51.2 Å². The number of fused-ring (bicyclic) bond motifs is 1. The van der Waals surface area contributed by atoms with Crippen molar-refractivity contribution in [3.63, 3.8) is 0 Å². The molecule has 0 N–H and O–H groups in total. The van der Waals surface area contributed by atoms with Gasteiger partial charge in [0.05, 0.1) is 0 Å². The molecule has 1 aromatic carbocycles. The van der Waals surface area contributed by atoms with Crippen LogP contribution in [-0.2, 0) is 17.9 Å². The minimum absolute atomic E-state index is 0.0558. The number of nitrogens with zero attached hydrogens (tertiary/aromatic N) is 5. The van der Waals surface area contributed by atoms with Gasteiger partial charge in [0.2, 0.25) is 5.91 Å². The predicted octanol–water partition coefficient (Wildman–Crippen LogP) is 3.79. The zero-order valence-corrected chi connectivity index (χ0v) is 21.3. The number of piperazine rings is 1. The van der Waals surface area contributed by atoms with E-state index in [1.807, 2.05) is 40.3 Å². The maximum atomic E-state index is 13.4. The first-order valence-corrected chi connectivity index (χ1v) is 13.0. The van der Waals surface area contributed by atoms with Gasteiger partial charge in [-0.05, 0) is 61.8 Å². The summed E-state index contributed by atoms with van der Waals surface area (Å²) in [5.74, 6) is 0.139. The fraction of sp³-hybridized carbons (Fsp3) is 0.536. The lowest BCUT2D eigenvalue weighted by Gasteiger charge is -2.33. The SMILES string of the molecule is CC(=O)N1CCCCCCCN(Cc2cccnc2)Cc2cc(C(=O)N3CCN(C)CC3)ccc21. The highest BCUT2D eigenvalue weighted by atomic mass is 16.2. The van der Waals surface area contributed by atoms with Gasteiger partial charge in [-0.25, -0.2) is 0 Å². The number of rotatable bonds is 3. The van der Waals surface area contributed by atoms with Crippen molar-refractivity contribution in [3.05, 3.63) is 59.4 Å². The fourth-order valence-electron chi connectivity index (χ4n) is 5.09. The fourth-order valence-corrected chi connectivity index (χ4v) is 5.09. The van der Waals surface area contributed by atoms with E-state index in [-0.39, 0.29) is 11.8 Å². The predicted molar refractivity (Wildman–Crippen MR) is 139 cm³/mol. The number of pyridine rings is 1. The topological polar surface area (TPSA) is 60.0 Å². The molecule has 1 fully saturated rings. The van der Waals surface area contributed by atoms with Gasteiger partial charge in [0, 0.05) is 76.4 Å². The van der Waals surface area contributed by atoms with Gasteiger partial charge in [0.25, 0.3) is 5.91 Å². The Morgan fingerprint density at radius 1 is 0.914 bits per heavy atom. The summed E-state index contributed by atoms with van der Waals surface area (Å²) < 4.78 is 0. The van der Waals surface area contributed by atoms with Gasteiger partial charge in [0.15, 0.2) is 0 Å². The second kappa shape index (κ2) is 12.3. The number of benzene rings is 1. The molecule has 7 nitrogen and oxygen atoms in total. The third kappa shape index (κ3) is 6.89. The van der Waals surface area contributed by atoms with Gasteiger partial charge >= 0.3 is 0 Å². The van der Waals surface area contributed by atoms with Crippen molar-refractivity contribution in [2.45, 2.75) is 52.1 Å². The molecule has 4 rings (SSSR count). The van der Waals surface area contributed by atoms with Gasteiger partial charge in [-0.2, -0.15) is 0 Å². The second-order valence-corrected chi connectivity index (χ2v) is 9.95. The summed E-state index contributed by atoms with van der Waals surface area (Å²) in [6, 6.07) is 10.0. The van der Waals surface area contributed by atoms with Crippen LogP contribution in [0.5, 0.6) is 0 Å². The lowest BCUT2D eigenvalue weighted by molar-refractivity contribution is -0.116. The molecule has 2 aliphatic rings. The maximum absolute atomic E-state index is 13.4. The summed E-state index contributed by atoms with van der Waals surface area (Å²) in [6.45, 7) is 8.12. The third-order valence-electron chi connectivity index (χ3n) is 7.17. The van der Waals surface area contributed by atoms with Crippen molar-refractivity contribution in [1.29, 1.82) is 0 Å². The Labute approximate surface area is 209 Å². The normalized spacial score (nSPS) is 18.9. The Kier molecular flexibility index (Phi) is 8.88. The standard InChI is InChI=1S/C28H39N5O2/c1-23(34)33-14-7-5-3-4-6-13-31(21-24-9-8-12-29-20-24)22-26-19-25(10-11-27(26)33)28(35)32-17-15-30(2)16-18-32/h8-12,19-20H,3-7,13-18,21-22H2,1-2H3. The molecule has 188 valence electrons. The average Bonchev–Trinajstić information content (AvgIpc) is 2.85. The lowest BCUT2D eigenvalue weighted by atomic mass is 10.0. The molecule has 0 spiro atoms. The van der Waals surface area contributed by atoms with Crippen molar-refractivity contribution in [2.24, 2.45) is 0 Å². The van der Waals surface area contributed by atoms with E-state index in [4.69, 9.17) is 0 Å². The molecule has 0 bridgehead atoms. The first kappa shape index (κ1) is 25.3. The Morgan fingerprint density at radius 2 is 1.66 bits per heavy atom. The first-order valence-electron chi connectivity index (χ1n) is 13.0. The number of anilines is 1. The van der Waals surface area contributed by atoms with E-state index in [0.717, 1.165) is 76.3 Å². The first-order chi connectivity index (χ1) is 17.0. The van der Waals surface area contributed by atoms with E-state index in [1.54, 1.807) is 13.1 Å². The summed E-state index contributed by atoms with van der Waals surface area (Å²) in [5.41, 5.74) is 3.87. The molecule has 0 aliphatic carbocycles. The highest BCUT2D eigenvalue weighted by molar-refractivity contribution is 5.97. The Hall–Kier alpha value is -2.77. The van der Waals surface area contributed by atoms with Crippen molar-refractivity contribution in [3.8, 4) is 0 Å². The molecule has 0 unspecified atom stereocenters. The Bertz CT molecular complexity index is 988. The number of amides is 2. The van der Waals surface area contributed by atoms with E-state index in [2.05, 4.69) is 27.9 Å². The van der Waals surface area contributed by atoms with Crippen LogP contribution < -0.4 is 4.90 Å². The summed E-state index contributed by atoms with van der Waals surface area (Å²) in [6.07, 6.45) is 9.38. The molecule has 2 amide bonds. The largest absolute Gasteiger partial charge is 0.336 e. The number of hydrogen-bond acceptors (Lipinski definition) is 5. The number of carbonyl (C=O) groups is 2. The summed E-state index contributed by atoms with van der Waals surface area (Å²) in [5, 5.41) is 0. The summed E-state index contributed by atoms with van der Waals surface area (Å²) in [4.78, 5) is 38.9. The maximum Gasteiger partial charge on any atom is 0.253 e. The van der Waals surface area contributed by atoms with Crippen LogP contribution in [0.4, 0.5) is 5.69 Å². The highest BCUT2D eigenvalue weighted by Crippen LogP contribution is 2.27. The van der Waals surface area contributed by atoms with E-state index >= 15 is 0 Å². The van der Waals surface area contributed by atoms with Crippen LogP contribution >= 0.6 is 0 Å². The molecular formula is C28H39N5O2. The van der Waals surface area contributed by atoms with E-state index < -0.39 is 0 Å². The van der Waals surface area contributed by atoms with Crippen LogP contribution in [-0.4, -0.2) is 77.8 Å². The van der Waals surface area contributed by atoms with Gasteiger partial charge < -0.3 is 14.7 Å². The molecule has 2 aliphatic heterocycles. The number of hydrogen-bond donors (Lipinski definition) is 0. The smallest absolute Gasteiger partial charge is 0.253 e. The molecule has 3 heterocycles. The molecule has 2 aromatic rings. The molecule has 1 saturated heterocycles. The van der Waals surface area contributed by atoms with E-state index in [1.165, 1.54) is 18.4 Å². The van der Waals surface area contributed by atoms with E-state index in [0.29, 0.717) is 12.1 Å². The second-order valence-electron chi connectivity index (χ2n) is 9.95. The molecule has 0 atom stereocenters. The molecule has 35 heavy (non-hydrogen) atoms. The summed E-state index contributed by atoms with van der Waals surface area (Å²) >= 11 is 0. The van der Waals surface area contributed by atoms with Crippen molar-refractivity contribution in [1.82, 2.24) is 19.7 Å². The minimum atomic E-state index is 0.0558. The minimum Gasteiger partial charge on any atom is -0.336 e. The Balaban J connectivity index is 1.66. The van der Waals surface area contributed by atoms with Gasteiger partial charge in [-0.1, -0.05) is 25.3 Å². The Morgan fingerprint density at radius 3 is 2.37 bits per heavy atom. The number of likely N-dealkylation sites (N-methyl/N-ethyl adjacent to an activating group) is 1. The monoisotopic (exact) mass is 477 g/mol. The van der Waals surface area contributed by atoms with E-state index in [9.17, 15) is 9.59 Å². The number of aromatic nitrogens is 1. The van der Waals surface area contributed by atoms with Gasteiger partial charge in [-0.15, -0.1) is 0 Å². The van der Waals surface area contributed by atoms with Crippen molar-refractivity contribution < 1.29 is 9.59 Å². The van der Waals surface area contributed by atoms with Crippen LogP contribution in [0.3, 0.4) is 0 Å². The van der Waals surface area contributed by atoms with Crippen LogP contribution in [0.1, 0.15) is 60.5 Å². The number of carbonyl (C=O) groups excluding carboxylic acids is 2. The zero-order chi connectivity index (χ0) is 24.6. The highest BCUT2D eigenvalue weighted by Gasteiger charge is 2.24. The lowest BCUT2D eigenvalue weighted by Crippen LogP contribution is -2.47. The molecular weight excluding hydrogens is 438 g/mol. The zero-order valence-electron chi connectivity index (χ0n) is 21.3. The van der Waals surface area contributed by atoms with Crippen LogP contribution in [0, 0.1) is 0 Å².